The van der Waals surface area contributed by atoms with Gasteiger partial charge >= 0.3 is 0 Å². The molecule has 0 saturated carbocycles. The van der Waals surface area contributed by atoms with Crippen molar-refractivity contribution in [3.8, 4) is 6.07 Å². The maximum atomic E-state index is 8.82. The minimum atomic E-state index is 0.0961. The minimum absolute atomic E-state index is 0.0961. The second-order valence-corrected chi connectivity index (χ2v) is 6.89. The second-order valence-electron chi connectivity index (χ2n) is 6.89. The first-order chi connectivity index (χ1) is 10.4. The SMILES string of the molecule is C[C@@H]1CN(C(C)(C)CNCc2ccc(C#N)cc2)C[C@@H](C)O1. The van der Waals surface area contributed by atoms with Crippen molar-refractivity contribution in [2.75, 3.05) is 19.6 Å². The van der Waals surface area contributed by atoms with Gasteiger partial charge in [-0.15, -0.1) is 0 Å². The highest BCUT2D eigenvalue weighted by atomic mass is 16.5. The Balaban J connectivity index is 1.85. The first kappa shape index (κ1) is 17.0. The fourth-order valence-corrected chi connectivity index (χ4v) is 2.99. The van der Waals surface area contributed by atoms with E-state index in [-0.39, 0.29) is 5.54 Å². The summed E-state index contributed by atoms with van der Waals surface area (Å²) < 4.78 is 5.82. The van der Waals surface area contributed by atoms with Crippen molar-refractivity contribution >= 4 is 0 Å². The number of benzene rings is 1. The first-order valence-electron chi connectivity index (χ1n) is 8.01. The lowest BCUT2D eigenvalue weighted by Crippen LogP contribution is -2.58. The van der Waals surface area contributed by atoms with Crippen LogP contribution in [-0.2, 0) is 11.3 Å². The van der Waals surface area contributed by atoms with Crippen molar-refractivity contribution in [3.05, 3.63) is 35.4 Å². The number of hydrogen-bond donors (Lipinski definition) is 1. The number of hydrogen-bond acceptors (Lipinski definition) is 4. The molecule has 2 rings (SSSR count). The molecular formula is C18H27N3O. The maximum Gasteiger partial charge on any atom is 0.0991 e. The standard InChI is InChI=1S/C18H27N3O/c1-14-11-21(12-15(2)22-14)18(3,4)13-20-10-17-7-5-16(9-19)6-8-17/h5-8,14-15,20H,10-13H2,1-4H3/t14-,15-/m1/s1. The van der Waals surface area contributed by atoms with E-state index in [1.54, 1.807) is 0 Å². The van der Waals surface area contributed by atoms with Crippen molar-refractivity contribution < 1.29 is 4.74 Å². The van der Waals surface area contributed by atoms with Gasteiger partial charge in [0, 0.05) is 31.7 Å². The molecule has 4 heteroatoms. The van der Waals surface area contributed by atoms with E-state index in [2.05, 4.69) is 44.0 Å². The fourth-order valence-electron chi connectivity index (χ4n) is 2.99. The highest BCUT2D eigenvalue weighted by molar-refractivity contribution is 5.31. The summed E-state index contributed by atoms with van der Waals surface area (Å²) in [5.74, 6) is 0. The lowest BCUT2D eigenvalue weighted by Gasteiger charge is -2.45. The lowest BCUT2D eigenvalue weighted by atomic mass is 10.00. The Kier molecular flexibility index (Phi) is 5.57. The van der Waals surface area contributed by atoms with Crippen molar-refractivity contribution in [1.82, 2.24) is 10.2 Å². The van der Waals surface area contributed by atoms with E-state index in [1.165, 1.54) is 5.56 Å². The molecule has 0 unspecified atom stereocenters. The molecule has 1 N–H and O–H groups in total. The van der Waals surface area contributed by atoms with Gasteiger partial charge in [-0.2, -0.15) is 5.26 Å². The quantitative estimate of drug-likeness (QED) is 0.908. The topological polar surface area (TPSA) is 48.3 Å². The molecular weight excluding hydrogens is 274 g/mol. The van der Waals surface area contributed by atoms with E-state index >= 15 is 0 Å². The van der Waals surface area contributed by atoms with E-state index in [9.17, 15) is 0 Å². The van der Waals surface area contributed by atoms with E-state index < -0.39 is 0 Å². The Bertz CT molecular complexity index is 508. The molecule has 120 valence electrons. The van der Waals surface area contributed by atoms with Crippen LogP contribution >= 0.6 is 0 Å². The van der Waals surface area contributed by atoms with E-state index in [0.29, 0.717) is 17.8 Å². The van der Waals surface area contributed by atoms with Crippen LogP contribution in [0.15, 0.2) is 24.3 Å². The van der Waals surface area contributed by atoms with Gasteiger partial charge in [-0.25, -0.2) is 0 Å². The second kappa shape index (κ2) is 7.23. The third-order valence-corrected chi connectivity index (χ3v) is 4.25. The average Bonchev–Trinajstić information content (AvgIpc) is 2.47. The monoisotopic (exact) mass is 301 g/mol. The Hall–Kier alpha value is -1.41. The largest absolute Gasteiger partial charge is 0.373 e. The zero-order valence-electron chi connectivity index (χ0n) is 14.1. The molecule has 1 aromatic carbocycles. The summed E-state index contributed by atoms with van der Waals surface area (Å²) in [7, 11) is 0. The van der Waals surface area contributed by atoms with Gasteiger partial charge < -0.3 is 10.1 Å². The van der Waals surface area contributed by atoms with Gasteiger partial charge in [0.2, 0.25) is 0 Å². The van der Waals surface area contributed by atoms with Gasteiger partial charge in [0.25, 0.3) is 0 Å². The van der Waals surface area contributed by atoms with Crippen molar-refractivity contribution in [2.24, 2.45) is 0 Å². The molecule has 1 saturated heterocycles. The summed E-state index contributed by atoms with van der Waals surface area (Å²) in [4.78, 5) is 2.51. The number of rotatable bonds is 5. The Morgan fingerprint density at radius 2 is 1.82 bits per heavy atom. The number of ether oxygens (including phenoxy) is 1. The summed E-state index contributed by atoms with van der Waals surface area (Å²) >= 11 is 0. The lowest BCUT2D eigenvalue weighted by molar-refractivity contribution is -0.0952. The van der Waals surface area contributed by atoms with Crippen molar-refractivity contribution in [3.63, 3.8) is 0 Å². The molecule has 1 aliphatic rings. The Morgan fingerprint density at radius 3 is 2.36 bits per heavy atom. The van der Waals surface area contributed by atoms with Crippen molar-refractivity contribution in [2.45, 2.75) is 52.0 Å². The smallest absolute Gasteiger partial charge is 0.0991 e. The fraction of sp³-hybridized carbons (Fsp3) is 0.611. The van der Waals surface area contributed by atoms with Crippen molar-refractivity contribution in [1.29, 1.82) is 5.26 Å². The van der Waals surface area contributed by atoms with Crippen LogP contribution in [-0.4, -0.2) is 42.3 Å². The molecule has 0 aromatic heterocycles. The zero-order chi connectivity index (χ0) is 16.2. The predicted octanol–water partition coefficient (Wildman–Crippen LogP) is 2.54. The molecule has 1 fully saturated rings. The molecule has 22 heavy (non-hydrogen) atoms. The maximum absolute atomic E-state index is 8.82. The molecule has 0 radical (unpaired) electrons. The summed E-state index contributed by atoms with van der Waals surface area (Å²) in [6.07, 6.45) is 0.586. The molecule has 0 spiro atoms. The molecule has 4 nitrogen and oxygen atoms in total. The zero-order valence-corrected chi connectivity index (χ0v) is 14.1. The molecule has 0 aliphatic carbocycles. The number of morpholine rings is 1. The number of nitriles is 1. The third kappa shape index (κ3) is 4.54. The predicted molar refractivity (Wildman–Crippen MR) is 88.5 cm³/mol. The Labute approximate surface area is 134 Å². The number of nitrogens with one attached hydrogen (secondary N) is 1. The molecule has 1 aliphatic heterocycles. The summed E-state index contributed by atoms with van der Waals surface area (Å²) in [6, 6.07) is 9.91. The van der Waals surface area contributed by atoms with Crippen LogP contribution < -0.4 is 5.32 Å². The van der Waals surface area contributed by atoms with Crippen LogP contribution in [0.25, 0.3) is 0 Å². The number of nitrogens with zero attached hydrogens (tertiary/aromatic N) is 2. The summed E-state index contributed by atoms with van der Waals surface area (Å²) in [5.41, 5.74) is 2.01. The van der Waals surface area contributed by atoms with Gasteiger partial charge in [0.05, 0.1) is 23.8 Å². The third-order valence-electron chi connectivity index (χ3n) is 4.25. The van der Waals surface area contributed by atoms with Crippen LogP contribution in [0.5, 0.6) is 0 Å². The van der Waals surface area contributed by atoms with Crippen LogP contribution in [0.4, 0.5) is 0 Å². The summed E-state index contributed by atoms with van der Waals surface area (Å²) in [6.45, 7) is 12.6. The first-order valence-corrected chi connectivity index (χ1v) is 8.01. The molecule has 0 bridgehead atoms. The molecule has 2 atom stereocenters. The summed E-state index contributed by atoms with van der Waals surface area (Å²) in [5, 5.41) is 12.4. The van der Waals surface area contributed by atoms with Gasteiger partial charge in [0.1, 0.15) is 0 Å². The molecule has 1 aromatic rings. The van der Waals surface area contributed by atoms with Crippen LogP contribution in [0.1, 0.15) is 38.8 Å². The highest BCUT2D eigenvalue weighted by Gasteiger charge is 2.32. The van der Waals surface area contributed by atoms with Gasteiger partial charge in [-0.1, -0.05) is 12.1 Å². The molecule has 1 heterocycles. The van der Waals surface area contributed by atoms with Gasteiger partial charge in [0.15, 0.2) is 0 Å². The van der Waals surface area contributed by atoms with Gasteiger partial charge in [-0.05, 0) is 45.4 Å². The minimum Gasteiger partial charge on any atom is -0.373 e. The average molecular weight is 301 g/mol. The Morgan fingerprint density at radius 1 is 1.23 bits per heavy atom. The van der Waals surface area contributed by atoms with Crippen LogP contribution in [0.3, 0.4) is 0 Å². The normalized spacial score (nSPS) is 23.2. The van der Waals surface area contributed by atoms with Crippen LogP contribution in [0, 0.1) is 11.3 Å². The molecule has 0 amide bonds. The highest BCUT2D eigenvalue weighted by Crippen LogP contribution is 2.20. The van der Waals surface area contributed by atoms with Crippen LogP contribution in [0.2, 0.25) is 0 Å². The van der Waals surface area contributed by atoms with E-state index in [0.717, 1.165) is 26.2 Å². The van der Waals surface area contributed by atoms with E-state index in [4.69, 9.17) is 10.00 Å². The van der Waals surface area contributed by atoms with Gasteiger partial charge in [-0.3, -0.25) is 4.90 Å². The van der Waals surface area contributed by atoms with E-state index in [1.807, 2.05) is 24.3 Å².